The van der Waals surface area contributed by atoms with Gasteiger partial charge in [-0.15, -0.1) is 11.3 Å². The molecule has 0 aliphatic rings. The second-order valence-electron chi connectivity index (χ2n) is 3.04. The van der Waals surface area contributed by atoms with Crippen LogP contribution in [-0.2, 0) is 0 Å². The molecule has 0 aliphatic heterocycles. The number of halogens is 1. The van der Waals surface area contributed by atoms with Crippen LogP contribution in [0.15, 0.2) is 40.9 Å². The molecule has 2 N–H and O–H groups in total. The van der Waals surface area contributed by atoms with Crippen molar-refractivity contribution in [1.29, 1.82) is 0 Å². The van der Waals surface area contributed by atoms with Crippen LogP contribution < -0.4 is 5.73 Å². The van der Waals surface area contributed by atoms with E-state index in [1.165, 1.54) is 11.3 Å². The summed E-state index contributed by atoms with van der Waals surface area (Å²) in [4.78, 5) is 12.6. The van der Waals surface area contributed by atoms with Crippen LogP contribution in [0.1, 0.15) is 9.67 Å². The van der Waals surface area contributed by atoms with Gasteiger partial charge in [-0.3, -0.25) is 4.79 Å². The first-order chi connectivity index (χ1) is 7.16. The van der Waals surface area contributed by atoms with Crippen LogP contribution in [0, 0.1) is 0 Å². The molecule has 2 rings (SSSR count). The van der Waals surface area contributed by atoms with Gasteiger partial charge < -0.3 is 5.73 Å². The van der Waals surface area contributed by atoms with Gasteiger partial charge in [-0.1, -0.05) is 28.1 Å². The van der Waals surface area contributed by atoms with E-state index in [1.807, 2.05) is 30.3 Å². The van der Waals surface area contributed by atoms with Gasteiger partial charge in [0.25, 0.3) is 5.91 Å². The lowest BCUT2D eigenvalue weighted by Gasteiger charge is -1.97. The van der Waals surface area contributed by atoms with E-state index in [4.69, 9.17) is 5.73 Å². The van der Waals surface area contributed by atoms with E-state index in [9.17, 15) is 4.79 Å². The highest BCUT2D eigenvalue weighted by molar-refractivity contribution is 9.10. The van der Waals surface area contributed by atoms with Gasteiger partial charge in [0.1, 0.15) is 0 Å². The quantitative estimate of drug-likeness (QED) is 0.902. The van der Waals surface area contributed by atoms with E-state index >= 15 is 0 Å². The minimum absolute atomic E-state index is 0.374. The summed E-state index contributed by atoms with van der Waals surface area (Å²) in [5.41, 5.74) is 6.28. The molecule has 76 valence electrons. The molecule has 0 saturated heterocycles. The van der Waals surface area contributed by atoms with Crippen LogP contribution in [0.5, 0.6) is 0 Å². The number of thiophene rings is 1. The Morgan fingerprint density at radius 1 is 1.27 bits per heavy atom. The van der Waals surface area contributed by atoms with Crippen LogP contribution in [-0.4, -0.2) is 5.91 Å². The second-order valence-corrected chi connectivity index (χ2v) is 5.04. The molecule has 0 unspecified atom stereocenters. The average molecular weight is 282 g/mol. The van der Waals surface area contributed by atoms with E-state index in [0.717, 1.165) is 14.9 Å². The van der Waals surface area contributed by atoms with Gasteiger partial charge in [-0.25, -0.2) is 0 Å². The first-order valence-electron chi connectivity index (χ1n) is 4.32. The topological polar surface area (TPSA) is 43.1 Å². The number of hydrogen-bond donors (Lipinski definition) is 1. The minimum atomic E-state index is -0.374. The molecular weight excluding hydrogens is 274 g/mol. The SMILES string of the molecule is NC(=O)c1ccc(-c2cccc(Br)c2)s1. The fourth-order valence-electron chi connectivity index (χ4n) is 1.27. The summed E-state index contributed by atoms with van der Waals surface area (Å²) in [6.07, 6.45) is 0. The first-order valence-corrected chi connectivity index (χ1v) is 5.93. The van der Waals surface area contributed by atoms with Crippen molar-refractivity contribution in [2.75, 3.05) is 0 Å². The highest BCUT2D eigenvalue weighted by Gasteiger charge is 2.06. The summed E-state index contributed by atoms with van der Waals surface area (Å²) in [6.45, 7) is 0. The molecule has 0 radical (unpaired) electrons. The smallest absolute Gasteiger partial charge is 0.258 e. The van der Waals surface area contributed by atoms with Crippen molar-refractivity contribution < 1.29 is 4.79 Å². The van der Waals surface area contributed by atoms with Crippen LogP contribution >= 0.6 is 27.3 Å². The second kappa shape index (κ2) is 4.16. The molecule has 4 heteroatoms. The van der Waals surface area contributed by atoms with Gasteiger partial charge in [-0.2, -0.15) is 0 Å². The predicted molar refractivity (Wildman–Crippen MR) is 66.0 cm³/mol. The Morgan fingerprint density at radius 2 is 2.07 bits per heavy atom. The summed E-state index contributed by atoms with van der Waals surface area (Å²) in [5.74, 6) is -0.374. The summed E-state index contributed by atoms with van der Waals surface area (Å²) < 4.78 is 1.02. The molecule has 0 aliphatic carbocycles. The summed E-state index contributed by atoms with van der Waals surface area (Å²) in [7, 11) is 0. The molecule has 1 aromatic heterocycles. The van der Waals surface area contributed by atoms with Crippen molar-refractivity contribution in [3.8, 4) is 10.4 Å². The van der Waals surface area contributed by atoms with Gasteiger partial charge in [0.15, 0.2) is 0 Å². The maximum atomic E-state index is 10.9. The van der Waals surface area contributed by atoms with Crippen LogP contribution in [0.4, 0.5) is 0 Å². The van der Waals surface area contributed by atoms with Gasteiger partial charge in [0.2, 0.25) is 0 Å². The van der Waals surface area contributed by atoms with Crippen LogP contribution in [0.2, 0.25) is 0 Å². The molecule has 0 fully saturated rings. The van der Waals surface area contributed by atoms with Crippen molar-refractivity contribution in [2.24, 2.45) is 5.73 Å². The zero-order chi connectivity index (χ0) is 10.8. The predicted octanol–water partition coefficient (Wildman–Crippen LogP) is 3.28. The zero-order valence-electron chi connectivity index (χ0n) is 7.74. The van der Waals surface area contributed by atoms with Crippen molar-refractivity contribution in [1.82, 2.24) is 0 Å². The highest BCUT2D eigenvalue weighted by atomic mass is 79.9. The van der Waals surface area contributed by atoms with E-state index in [1.54, 1.807) is 6.07 Å². The van der Waals surface area contributed by atoms with Gasteiger partial charge >= 0.3 is 0 Å². The number of carbonyl (C=O) groups excluding carboxylic acids is 1. The molecule has 0 spiro atoms. The van der Waals surface area contributed by atoms with Crippen LogP contribution in [0.25, 0.3) is 10.4 Å². The van der Waals surface area contributed by atoms with E-state index in [0.29, 0.717) is 4.88 Å². The van der Waals surface area contributed by atoms with E-state index in [2.05, 4.69) is 15.9 Å². The minimum Gasteiger partial charge on any atom is -0.365 e. The standard InChI is InChI=1S/C11H8BrNOS/c12-8-3-1-2-7(6-8)9-4-5-10(15-9)11(13)14/h1-6H,(H2,13,14). The third-order valence-electron chi connectivity index (χ3n) is 1.96. The summed E-state index contributed by atoms with van der Waals surface area (Å²) in [6, 6.07) is 11.6. The molecular formula is C11H8BrNOS. The Hall–Kier alpha value is -1.13. The molecule has 0 bridgehead atoms. The van der Waals surface area contributed by atoms with Crippen molar-refractivity contribution in [3.05, 3.63) is 45.7 Å². The molecule has 2 nitrogen and oxygen atoms in total. The normalized spacial score (nSPS) is 10.2. The third-order valence-corrected chi connectivity index (χ3v) is 3.60. The van der Waals surface area contributed by atoms with Gasteiger partial charge in [-0.05, 0) is 29.8 Å². The Labute approximate surface area is 99.9 Å². The Kier molecular flexibility index (Phi) is 2.88. The fourth-order valence-corrected chi connectivity index (χ4v) is 2.52. The van der Waals surface area contributed by atoms with Crippen molar-refractivity contribution >= 4 is 33.2 Å². The van der Waals surface area contributed by atoms with Gasteiger partial charge in [0, 0.05) is 9.35 Å². The van der Waals surface area contributed by atoms with Gasteiger partial charge in [0.05, 0.1) is 4.88 Å². The van der Waals surface area contributed by atoms with E-state index < -0.39 is 0 Å². The summed E-state index contributed by atoms with van der Waals surface area (Å²) in [5, 5.41) is 0. The Bertz CT molecular complexity index is 507. The fraction of sp³-hybridized carbons (Fsp3) is 0. The molecule has 0 saturated carbocycles. The summed E-state index contributed by atoms with van der Waals surface area (Å²) >= 11 is 4.82. The number of hydrogen-bond acceptors (Lipinski definition) is 2. The van der Waals surface area contributed by atoms with Crippen molar-refractivity contribution in [3.63, 3.8) is 0 Å². The number of nitrogens with two attached hydrogens (primary N) is 1. The van der Waals surface area contributed by atoms with E-state index in [-0.39, 0.29) is 5.91 Å². The monoisotopic (exact) mass is 281 g/mol. The molecule has 2 aromatic rings. The lowest BCUT2D eigenvalue weighted by molar-refractivity contribution is 0.100. The van der Waals surface area contributed by atoms with Crippen molar-refractivity contribution in [2.45, 2.75) is 0 Å². The number of primary amides is 1. The maximum absolute atomic E-state index is 10.9. The molecule has 1 amide bonds. The Morgan fingerprint density at radius 3 is 2.67 bits per heavy atom. The molecule has 0 atom stereocenters. The number of benzene rings is 1. The average Bonchev–Trinajstić information content (AvgIpc) is 2.66. The largest absolute Gasteiger partial charge is 0.365 e. The highest BCUT2D eigenvalue weighted by Crippen LogP contribution is 2.29. The Balaban J connectivity index is 2.41. The van der Waals surface area contributed by atoms with Crippen LogP contribution in [0.3, 0.4) is 0 Å². The zero-order valence-corrected chi connectivity index (χ0v) is 10.1. The lowest BCUT2D eigenvalue weighted by atomic mass is 10.2. The maximum Gasteiger partial charge on any atom is 0.258 e. The molecule has 15 heavy (non-hydrogen) atoms. The first kappa shape index (κ1) is 10.4. The lowest BCUT2D eigenvalue weighted by Crippen LogP contribution is -2.07. The molecule has 1 heterocycles. The third kappa shape index (κ3) is 2.27. The number of carbonyl (C=O) groups is 1. The molecule has 1 aromatic carbocycles. The number of amides is 1. The number of rotatable bonds is 2.